The Labute approximate surface area is 105 Å². The lowest BCUT2D eigenvalue weighted by Gasteiger charge is -2.17. The second-order valence-electron chi connectivity index (χ2n) is 3.09. The summed E-state index contributed by atoms with van der Waals surface area (Å²) in [6.07, 6.45) is 5.14. The minimum Gasteiger partial charge on any atom is -0.207 e. The fourth-order valence-electron chi connectivity index (χ4n) is 1.25. The smallest absolute Gasteiger partial charge is 0.207 e. The summed E-state index contributed by atoms with van der Waals surface area (Å²) in [6.45, 7) is 2.21. The lowest BCUT2D eigenvalue weighted by molar-refractivity contribution is 0.464. The van der Waals surface area contributed by atoms with Crippen LogP contribution in [0.1, 0.15) is 6.92 Å². The first-order chi connectivity index (χ1) is 7.52. The van der Waals surface area contributed by atoms with Crippen molar-refractivity contribution in [2.24, 2.45) is 0 Å². The van der Waals surface area contributed by atoms with E-state index in [9.17, 15) is 8.42 Å². The van der Waals surface area contributed by atoms with E-state index in [1.165, 1.54) is 4.31 Å². The van der Waals surface area contributed by atoms with Crippen molar-refractivity contribution in [2.45, 2.75) is 11.8 Å². The summed E-state index contributed by atoms with van der Waals surface area (Å²) < 4.78 is 26.2. The molecule has 0 aliphatic rings. The standard InChI is InChI=1S/C11H12BrNO2S/c1-3-8-13(4-2)16(14,15)11-7-5-6-10(12)9-11/h1,5-7,9H,4,8H2,2H3. The number of benzene rings is 1. The third-order valence-corrected chi connectivity index (χ3v) is 4.46. The van der Waals surface area contributed by atoms with E-state index in [0.29, 0.717) is 6.54 Å². The van der Waals surface area contributed by atoms with Crippen LogP contribution in [0.25, 0.3) is 0 Å². The summed E-state index contributed by atoms with van der Waals surface area (Å²) in [6, 6.07) is 6.57. The van der Waals surface area contributed by atoms with Crippen molar-refractivity contribution in [3.05, 3.63) is 28.7 Å². The lowest BCUT2D eigenvalue weighted by Crippen LogP contribution is -2.31. The Hall–Kier alpha value is -0.830. The SMILES string of the molecule is C#CCN(CC)S(=O)(=O)c1cccc(Br)c1. The number of sulfonamides is 1. The molecule has 86 valence electrons. The molecule has 1 aromatic rings. The van der Waals surface area contributed by atoms with Crippen LogP contribution >= 0.6 is 15.9 Å². The molecule has 16 heavy (non-hydrogen) atoms. The zero-order valence-corrected chi connectivity index (χ0v) is 11.3. The summed E-state index contributed by atoms with van der Waals surface area (Å²) in [5, 5.41) is 0. The second kappa shape index (κ2) is 5.48. The Balaban J connectivity index is 3.16. The first kappa shape index (κ1) is 13.2. The third-order valence-electron chi connectivity index (χ3n) is 2.05. The number of hydrogen-bond donors (Lipinski definition) is 0. The van der Waals surface area contributed by atoms with Gasteiger partial charge in [0.15, 0.2) is 0 Å². The maximum absolute atomic E-state index is 12.1. The molecular formula is C11H12BrNO2S. The molecule has 0 spiro atoms. The minimum absolute atomic E-state index is 0.0886. The topological polar surface area (TPSA) is 37.4 Å². The van der Waals surface area contributed by atoms with Crippen LogP contribution in [-0.4, -0.2) is 25.8 Å². The van der Waals surface area contributed by atoms with Crippen LogP contribution in [0.5, 0.6) is 0 Å². The lowest BCUT2D eigenvalue weighted by atomic mass is 10.4. The Kier molecular flexibility index (Phi) is 4.54. The van der Waals surface area contributed by atoms with Crippen molar-refractivity contribution < 1.29 is 8.42 Å². The van der Waals surface area contributed by atoms with Gasteiger partial charge in [0.05, 0.1) is 11.4 Å². The van der Waals surface area contributed by atoms with E-state index >= 15 is 0 Å². The Morgan fingerprint density at radius 1 is 1.50 bits per heavy atom. The summed E-state index contributed by atoms with van der Waals surface area (Å²) in [5.41, 5.74) is 0. The van der Waals surface area contributed by atoms with Gasteiger partial charge in [-0.1, -0.05) is 34.8 Å². The fraction of sp³-hybridized carbons (Fsp3) is 0.273. The van der Waals surface area contributed by atoms with Gasteiger partial charge in [-0.05, 0) is 18.2 Å². The molecule has 0 fully saturated rings. The van der Waals surface area contributed by atoms with Crippen LogP contribution in [0.3, 0.4) is 0 Å². The summed E-state index contributed by atoms with van der Waals surface area (Å²) in [4.78, 5) is 0.249. The van der Waals surface area contributed by atoms with Crippen molar-refractivity contribution in [3.63, 3.8) is 0 Å². The van der Waals surface area contributed by atoms with Crippen molar-refractivity contribution in [1.82, 2.24) is 4.31 Å². The second-order valence-corrected chi connectivity index (χ2v) is 5.95. The molecule has 0 amide bonds. The maximum Gasteiger partial charge on any atom is 0.243 e. The fourth-order valence-corrected chi connectivity index (χ4v) is 3.20. The molecule has 0 atom stereocenters. The maximum atomic E-state index is 12.1. The number of halogens is 1. The van der Waals surface area contributed by atoms with Crippen molar-refractivity contribution in [3.8, 4) is 12.3 Å². The van der Waals surface area contributed by atoms with Crippen molar-refractivity contribution >= 4 is 26.0 Å². The van der Waals surface area contributed by atoms with E-state index in [0.717, 1.165) is 4.47 Å². The molecule has 0 radical (unpaired) electrons. The molecule has 0 bridgehead atoms. The van der Waals surface area contributed by atoms with Crippen LogP contribution in [0.2, 0.25) is 0 Å². The molecule has 5 heteroatoms. The zero-order chi connectivity index (χ0) is 12.2. The first-order valence-corrected chi connectivity index (χ1v) is 6.95. The highest BCUT2D eigenvalue weighted by Gasteiger charge is 2.21. The Morgan fingerprint density at radius 3 is 2.69 bits per heavy atom. The van der Waals surface area contributed by atoms with E-state index in [1.54, 1.807) is 31.2 Å². The van der Waals surface area contributed by atoms with Gasteiger partial charge in [0, 0.05) is 11.0 Å². The number of hydrogen-bond acceptors (Lipinski definition) is 2. The van der Waals surface area contributed by atoms with Crippen LogP contribution in [0.15, 0.2) is 33.6 Å². The Bertz CT molecular complexity index is 505. The quantitative estimate of drug-likeness (QED) is 0.799. The third kappa shape index (κ3) is 2.85. The number of rotatable bonds is 4. The van der Waals surface area contributed by atoms with Crippen LogP contribution in [0.4, 0.5) is 0 Å². The van der Waals surface area contributed by atoms with Gasteiger partial charge in [-0.2, -0.15) is 4.31 Å². The van der Waals surface area contributed by atoms with Crippen molar-refractivity contribution in [1.29, 1.82) is 0 Å². The molecular weight excluding hydrogens is 290 g/mol. The largest absolute Gasteiger partial charge is 0.243 e. The predicted octanol–water partition coefficient (Wildman–Crippen LogP) is 2.09. The minimum atomic E-state index is -3.47. The zero-order valence-electron chi connectivity index (χ0n) is 8.85. The van der Waals surface area contributed by atoms with Gasteiger partial charge in [-0.3, -0.25) is 0 Å². The van der Waals surface area contributed by atoms with Gasteiger partial charge in [-0.25, -0.2) is 8.42 Å². The normalized spacial score (nSPS) is 11.4. The van der Waals surface area contributed by atoms with Gasteiger partial charge in [0.25, 0.3) is 0 Å². The highest BCUT2D eigenvalue weighted by molar-refractivity contribution is 9.10. The van der Waals surface area contributed by atoms with E-state index in [1.807, 2.05) is 0 Å². The molecule has 1 rings (SSSR count). The van der Waals surface area contributed by atoms with Crippen LogP contribution < -0.4 is 0 Å². The average Bonchev–Trinajstić information content (AvgIpc) is 2.25. The van der Waals surface area contributed by atoms with Gasteiger partial charge in [-0.15, -0.1) is 6.42 Å². The molecule has 0 aliphatic heterocycles. The molecule has 0 unspecified atom stereocenters. The van der Waals surface area contributed by atoms with Crippen molar-refractivity contribution in [2.75, 3.05) is 13.1 Å². The van der Waals surface area contributed by atoms with E-state index in [-0.39, 0.29) is 11.4 Å². The number of terminal acetylenes is 1. The number of nitrogens with zero attached hydrogens (tertiary/aromatic N) is 1. The van der Waals surface area contributed by atoms with E-state index in [4.69, 9.17) is 6.42 Å². The molecule has 3 nitrogen and oxygen atoms in total. The Morgan fingerprint density at radius 2 is 2.19 bits per heavy atom. The van der Waals surface area contributed by atoms with Gasteiger partial charge >= 0.3 is 0 Å². The molecule has 1 aromatic carbocycles. The van der Waals surface area contributed by atoms with Gasteiger partial charge < -0.3 is 0 Å². The van der Waals surface area contributed by atoms with E-state index < -0.39 is 10.0 Å². The molecule has 0 aliphatic carbocycles. The summed E-state index contributed by atoms with van der Waals surface area (Å²) in [7, 11) is -3.47. The molecule has 0 saturated carbocycles. The summed E-state index contributed by atoms with van der Waals surface area (Å²) in [5.74, 6) is 2.34. The van der Waals surface area contributed by atoms with Gasteiger partial charge in [0.2, 0.25) is 10.0 Å². The van der Waals surface area contributed by atoms with Gasteiger partial charge in [0.1, 0.15) is 0 Å². The molecule has 0 aromatic heterocycles. The molecule has 0 saturated heterocycles. The molecule has 0 N–H and O–H groups in total. The highest BCUT2D eigenvalue weighted by atomic mass is 79.9. The first-order valence-electron chi connectivity index (χ1n) is 4.71. The monoisotopic (exact) mass is 301 g/mol. The predicted molar refractivity (Wildman–Crippen MR) is 67.4 cm³/mol. The van der Waals surface area contributed by atoms with Crippen LogP contribution in [-0.2, 0) is 10.0 Å². The van der Waals surface area contributed by atoms with Crippen LogP contribution in [0, 0.1) is 12.3 Å². The molecule has 0 heterocycles. The highest BCUT2D eigenvalue weighted by Crippen LogP contribution is 2.19. The summed E-state index contributed by atoms with van der Waals surface area (Å²) >= 11 is 3.24. The average molecular weight is 302 g/mol. The van der Waals surface area contributed by atoms with E-state index in [2.05, 4.69) is 21.9 Å².